The molecule has 14 heteroatoms. The second-order valence-electron chi connectivity index (χ2n) is 9.65. The summed E-state index contributed by atoms with van der Waals surface area (Å²) in [6, 6.07) is 6.10. The normalized spacial score (nSPS) is 16.1. The van der Waals surface area contributed by atoms with Crippen molar-refractivity contribution in [1.29, 1.82) is 0 Å². The molecule has 0 radical (unpaired) electrons. The smallest absolute Gasteiger partial charge is 0.399 e. The largest absolute Gasteiger partial charge is 0.416 e. The van der Waals surface area contributed by atoms with Gasteiger partial charge in [-0.3, -0.25) is 4.79 Å². The third-order valence-corrected chi connectivity index (χ3v) is 8.20. The van der Waals surface area contributed by atoms with Crippen molar-refractivity contribution < 1.29 is 31.1 Å². The Morgan fingerprint density at radius 2 is 1.85 bits per heavy atom. The number of amides is 1. The number of hydrogen-bond donors (Lipinski definition) is 3. The Balaban J connectivity index is 1.73. The first kappa shape index (κ1) is 29.3. The van der Waals surface area contributed by atoms with Gasteiger partial charge in [0.15, 0.2) is 9.84 Å². The van der Waals surface area contributed by atoms with E-state index in [0.29, 0.717) is 52.5 Å². The molecule has 1 amide bonds. The van der Waals surface area contributed by atoms with E-state index in [1.54, 1.807) is 33.1 Å². The number of carbonyl (C=O) groups is 1. The summed E-state index contributed by atoms with van der Waals surface area (Å²) in [6.07, 6.45) is -4.55. The summed E-state index contributed by atoms with van der Waals surface area (Å²) in [6.45, 7) is 4.27. The van der Waals surface area contributed by atoms with Gasteiger partial charge in [-0.25, -0.2) is 18.4 Å². The number of sulfone groups is 1. The molecular formula is C26H31F3N6O4S. The first-order valence-corrected chi connectivity index (χ1v) is 14.4. The number of aromatic nitrogens is 2. The lowest BCUT2D eigenvalue weighted by Crippen LogP contribution is -2.43. The number of hydrogen-bond acceptors (Lipinski definition) is 9. The van der Waals surface area contributed by atoms with Crippen molar-refractivity contribution in [2.24, 2.45) is 0 Å². The molecule has 1 atom stereocenters. The molecule has 1 aliphatic rings. The predicted molar refractivity (Wildman–Crippen MR) is 147 cm³/mol. The average molecular weight is 581 g/mol. The Kier molecular flexibility index (Phi) is 8.40. The molecule has 0 unspecified atom stereocenters. The highest BCUT2D eigenvalue weighted by Crippen LogP contribution is 2.35. The Hall–Kier alpha value is -3.65. The van der Waals surface area contributed by atoms with Crippen LogP contribution in [0.5, 0.6) is 0 Å². The predicted octanol–water partition coefficient (Wildman–Crippen LogP) is 3.64. The van der Waals surface area contributed by atoms with Gasteiger partial charge in [-0.15, -0.1) is 0 Å². The van der Waals surface area contributed by atoms with Gasteiger partial charge >= 0.3 is 6.18 Å². The number of halogens is 3. The maximum atomic E-state index is 13.5. The van der Waals surface area contributed by atoms with E-state index in [1.165, 1.54) is 11.0 Å². The summed E-state index contributed by atoms with van der Waals surface area (Å²) in [5.41, 5.74) is 6.44. The van der Waals surface area contributed by atoms with Gasteiger partial charge in [0.05, 0.1) is 40.8 Å². The van der Waals surface area contributed by atoms with Crippen LogP contribution in [0.15, 0.2) is 30.3 Å². The van der Waals surface area contributed by atoms with Crippen LogP contribution in [0.4, 0.5) is 30.4 Å². The number of fused-ring (bicyclic) bond motifs is 1. The van der Waals surface area contributed by atoms with Crippen LogP contribution >= 0.6 is 0 Å². The molecule has 0 bridgehead atoms. The van der Waals surface area contributed by atoms with E-state index in [2.05, 4.69) is 20.6 Å². The third-order valence-electron chi connectivity index (χ3n) is 6.59. The maximum absolute atomic E-state index is 13.5. The number of ether oxygens (including phenoxy) is 1. The minimum absolute atomic E-state index is 0.0134. The van der Waals surface area contributed by atoms with E-state index in [1.807, 2.05) is 0 Å². The topological polar surface area (TPSA) is 140 Å². The zero-order valence-electron chi connectivity index (χ0n) is 22.3. The van der Waals surface area contributed by atoms with Crippen molar-refractivity contribution in [2.45, 2.75) is 26.1 Å². The third kappa shape index (κ3) is 6.73. The molecule has 1 aromatic heterocycles. The van der Waals surface area contributed by atoms with Crippen LogP contribution in [-0.2, 0) is 20.8 Å². The van der Waals surface area contributed by atoms with Crippen LogP contribution in [0.2, 0.25) is 0 Å². The summed E-state index contributed by atoms with van der Waals surface area (Å²) >= 11 is 0. The number of carbonyl (C=O) groups excluding carboxylic acids is 1. The number of nitrogens with one attached hydrogen (secondary N) is 2. The Labute approximate surface area is 230 Å². The molecule has 1 saturated heterocycles. The van der Waals surface area contributed by atoms with Gasteiger partial charge in [-0.2, -0.15) is 13.2 Å². The number of alkyl halides is 3. The molecule has 3 aromatic rings. The molecule has 2 aromatic carbocycles. The molecule has 216 valence electrons. The molecule has 40 heavy (non-hydrogen) atoms. The number of nitrogens with zero attached hydrogens (tertiary/aromatic N) is 3. The second kappa shape index (κ2) is 11.5. The average Bonchev–Trinajstić information content (AvgIpc) is 2.87. The minimum Gasteiger partial charge on any atom is -0.399 e. The first-order chi connectivity index (χ1) is 18.8. The van der Waals surface area contributed by atoms with Crippen molar-refractivity contribution in [3.8, 4) is 0 Å². The van der Waals surface area contributed by atoms with E-state index in [9.17, 15) is 26.4 Å². The first-order valence-electron chi connectivity index (χ1n) is 12.6. The highest BCUT2D eigenvalue weighted by molar-refractivity contribution is 7.91. The van der Waals surface area contributed by atoms with E-state index >= 15 is 0 Å². The van der Waals surface area contributed by atoms with Crippen molar-refractivity contribution in [3.05, 3.63) is 52.8 Å². The zero-order valence-corrected chi connectivity index (χ0v) is 23.1. The summed E-state index contributed by atoms with van der Waals surface area (Å²) < 4.78 is 69.0. The summed E-state index contributed by atoms with van der Waals surface area (Å²) in [5.74, 6) is 0.199. The van der Waals surface area contributed by atoms with Gasteiger partial charge in [0, 0.05) is 43.5 Å². The lowest BCUT2D eigenvalue weighted by Gasteiger charge is -2.28. The number of methoxy groups -OCH3 is 1. The maximum Gasteiger partial charge on any atom is 0.416 e. The molecule has 4 rings (SSSR count). The number of nitrogens with two attached hydrogens (primary N) is 1. The number of benzene rings is 2. The number of anilines is 3. The van der Waals surface area contributed by atoms with Crippen LogP contribution < -0.4 is 16.4 Å². The molecule has 1 aliphatic heterocycles. The van der Waals surface area contributed by atoms with Crippen LogP contribution in [0.1, 0.15) is 40.3 Å². The van der Waals surface area contributed by atoms with Crippen LogP contribution in [0.25, 0.3) is 10.9 Å². The molecule has 1 fully saturated rings. The number of rotatable bonds is 8. The molecule has 10 nitrogen and oxygen atoms in total. The molecular weight excluding hydrogens is 549 g/mol. The van der Waals surface area contributed by atoms with Crippen molar-refractivity contribution in [3.63, 3.8) is 0 Å². The summed E-state index contributed by atoms with van der Waals surface area (Å²) in [7, 11) is -1.63. The zero-order chi connectivity index (χ0) is 29.2. The summed E-state index contributed by atoms with van der Waals surface area (Å²) in [4.78, 5) is 24.0. The lowest BCUT2D eigenvalue weighted by molar-refractivity contribution is -0.137. The molecule has 2 heterocycles. The standard InChI is InChI=1S/C26H31F3N6O4S/c1-15(17-10-18(26(27,28)29)12-19(30)11-17)32-24-20-13-22(31-4-7-39-3)21(14-23(20)33-16(2)34-24)25(36)35-5-8-40(37,38)9-6-35/h10-15,31H,4-9,30H2,1-3H3,(H,32,33,34)/t15-/m1/s1. The molecule has 4 N–H and O–H groups in total. The van der Waals surface area contributed by atoms with Gasteiger partial charge in [-0.05, 0) is 49.7 Å². The van der Waals surface area contributed by atoms with Gasteiger partial charge in [0.1, 0.15) is 11.6 Å². The van der Waals surface area contributed by atoms with E-state index in [4.69, 9.17) is 10.5 Å². The monoisotopic (exact) mass is 580 g/mol. The minimum atomic E-state index is -4.55. The van der Waals surface area contributed by atoms with Crippen LogP contribution in [0, 0.1) is 6.92 Å². The highest BCUT2D eigenvalue weighted by Gasteiger charge is 2.32. The molecule has 0 saturated carbocycles. The fraction of sp³-hybridized carbons (Fsp3) is 0.423. The lowest BCUT2D eigenvalue weighted by atomic mass is 10.0. The summed E-state index contributed by atoms with van der Waals surface area (Å²) in [5, 5.41) is 6.90. The fourth-order valence-electron chi connectivity index (χ4n) is 4.48. The van der Waals surface area contributed by atoms with Crippen LogP contribution in [-0.4, -0.2) is 74.0 Å². The van der Waals surface area contributed by atoms with E-state index in [0.717, 1.165) is 12.1 Å². The number of nitrogen functional groups attached to an aromatic ring is 1. The fourth-order valence-corrected chi connectivity index (χ4v) is 5.68. The Morgan fingerprint density at radius 3 is 2.50 bits per heavy atom. The number of aryl methyl sites for hydroxylation is 1. The SMILES string of the molecule is COCCNc1cc2c(N[C@H](C)c3cc(N)cc(C(F)(F)F)c3)nc(C)nc2cc1C(=O)N1CCS(=O)(=O)CC1. The quantitative estimate of drug-likeness (QED) is 0.269. The highest BCUT2D eigenvalue weighted by atomic mass is 32.2. The van der Waals surface area contributed by atoms with Crippen molar-refractivity contribution in [1.82, 2.24) is 14.9 Å². The molecule has 0 spiro atoms. The van der Waals surface area contributed by atoms with Gasteiger partial charge in [0.2, 0.25) is 0 Å². The van der Waals surface area contributed by atoms with Gasteiger partial charge in [0.25, 0.3) is 5.91 Å². The Bertz CT molecular complexity index is 1520. The van der Waals surface area contributed by atoms with Crippen molar-refractivity contribution >= 4 is 43.8 Å². The van der Waals surface area contributed by atoms with E-state index < -0.39 is 27.6 Å². The van der Waals surface area contributed by atoms with Crippen molar-refractivity contribution in [2.75, 3.05) is 61.2 Å². The van der Waals surface area contributed by atoms with Gasteiger partial charge < -0.3 is 26.0 Å². The second-order valence-corrected chi connectivity index (χ2v) is 12.0. The van der Waals surface area contributed by atoms with Gasteiger partial charge in [-0.1, -0.05) is 0 Å². The molecule has 0 aliphatic carbocycles. The van der Waals surface area contributed by atoms with E-state index in [-0.39, 0.29) is 36.2 Å². The Morgan fingerprint density at radius 1 is 1.15 bits per heavy atom. The van der Waals surface area contributed by atoms with Crippen LogP contribution in [0.3, 0.4) is 0 Å².